The van der Waals surface area contributed by atoms with Gasteiger partial charge in [0.2, 0.25) is 12.3 Å². The number of esters is 3. The third-order valence-corrected chi connectivity index (χ3v) is 14.9. The molecule has 1 saturated heterocycles. The summed E-state index contributed by atoms with van der Waals surface area (Å²) in [5, 5.41) is 3.02. The molecule has 2 aromatic rings. The number of ether oxygens (including phenoxy) is 4. The Morgan fingerprint density at radius 3 is 1.89 bits per heavy atom. The lowest BCUT2D eigenvalue weighted by Crippen LogP contribution is -2.63. The molecule has 0 bridgehead atoms. The number of nitrogens with zero attached hydrogens (tertiary/aromatic N) is 1. The van der Waals surface area contributed by atoms with Gasteiger partial charge in [0.1, 0.15) is 18.8 Å². The summed E-state index contributed by atoms with van der Waals surface area (Å²) in [5.41, 5.74) is -0.741. The Morgan fingerprint density at radius 1 is 0.807 bits per heavy atom. The molecule has 1 fully saturated rings. The zero-order chi connectivity index (χ0) is 43.1. The lowest BCUT2D eigenvalue weighted by molar-refractivity contribution is -0.241. The normalized spacial score (nSPS) is 19.8. The number of hydrogen-bond acceptors (Lipinski definition) is 10. The van der Waals surface area contributed by atoms with E-state index >= 15 is 0 Å². The van der Waals surface area contributed by atoms with E-state index in [1.54, 1.807) is 68.4 Å². The van der Waals surface area contributed by atoms with Gasteiger partial charge < -0.3 is 33.6 Å². The maximum Gasteiger partial charge on any atom is 0.311 e. The van der Waals surface area contributed by atoms with Crippen LogP contribution in [-0.4, -0.2) is 81.1 Å². The second-order valence-electron chi connectivity index (χ2n) is 19.5. The maximum absolute atomic E-state index is 14.6. The van der Waals surface area contributed by atoms with E-state index in [-0.39, 0.29) is 31.3 Å². The van der Waals surface area contributed by atoms with Crippen LogP contribution < -0.4 is 5.32 Å². The minimum Gasteiger partial charge on any atom is -0.465 e. The number of hydrogen-bond donors (Lipinski definition) is 1. The summed E-state index contributed by atoms with van der Waals surface area (Å²) in [4.78, 5) is 69.4. The van der Waals surface area contributed by atoms with Crippen molar-refractivity contribution in [2.24, 2.45) is 22.2 Å². The van der Waals surface area contributed by atoms with Crippen molar-refractivity contribution in [3.05, 3.63) is 65.7 Å². The van der Waals surface area contributed by atoms with Crippen LogP contribution in [0.5, 0.6) is 0 Å². The fraction of sp³-hybridized carbons (Fsp3) is 0.614. The first-order valence-electron chi connectivity index (χ1n) is 19.7. The summed E-state index contributed by atoms with van der Waals surface area (Å²) in [6, 6.07) is 15.4. The number of rotatable bonds is 14. The minimum atomic E-state index is -2.15. The average Bonchev–Trinajstić information content (AvgIpc) is 3.10. The number of nitrogens with one attached hydrogen (secondary N) is 1. The summed E-state index contributed by atoms with van der Waals surface area (Å²) in [7, 11) is -2.15. The Bertz CT molecular complexity index is 1700. The van der Waals surface area contributed by atoms with Crippen LogP contribution in [0.3, 0.4) is 0 Å². The molecular weight excluding hydrogens is 745 g/mol. The molecule has 0 saturated carbocycles. The molecule has 5 atom stereocenters. The van der Waals surface area contributed by atoms with Gasteiger partial charge in [-0.05, 0) is 97.6 Å². The number of para-hydroxylation sites is 1. The van der Waals surface area contributed by atoms with Crippen molar-refractivity contribution in [2.75, 3.05) is 18.5 Å². The Labute approximate surface area is 340 Å². The molecule has 2 amide bonds. The van der Waals surface area contributed by atoms with Gasteiger partial charge in [0.15, 0.2) is 20.6 Å². The molecule has 316 valence electrons. The van der Waals surface area contributed by atoms with E-state index in [0.29, 0.717) is 12.1 Å². The predicted octanol–water partition coefficient (Wildman–Crippen LogP) is 7.69. The summed E-state index contributed by atoms with van der Waals surface area (Å²) in [6.45, 7) is 25.7. The smallest absolute Gasteiger partial charge is 0.311 e. The second kappa shape index (κ2) is 18.7. The van der Waals surface area contributed by atoms with Crippen LogP contribution in [0, 0.1) is 22.2 Å². The highest BCUT2D eigenvalue weighted by Crippen LogP contribution is 2.38. The van der Waals surface area contributed by atoms with Crippen LogP contribution in [0.4, 0.5) is 5.69 Å². The zero-order valence-electron chi connectivity index (χ0n) is 36.5. The first kappa shape index (κ1) is 47.3. The fourth-order valence-corrected chi connectivity index (χ4v) is 6.45. The van der Waals surface area contributed by atoms with E-state index in [9.17, 15) is 24.0 Å². The van der Waals surface area contributed by atoms with E-state index in [1.165, 1.54) is 4.90 Å². The molecule has 13 heteroatoms. The molecule has 0 aromatic heterocycles. The molecule has 2 aromatic carbocycles. The Morgan fingerprint density at radius 2 is 1.35 bits per heavy atom. The molecule has 0 radical (unpaired) electrons. The van der Waals surface area contributed by atoms with Gasteiger partial charge in [-0.2, -0.15) is 0 Å². The van der Waals surface area contributed by atoms with Crippen LogP contribution in [0.15, 0.2) is 54.6 Å². The van der Waals surface area contributed by atoms with Gasteiger partial charge in [-0.1, -0.05) is 69.3 Å². The van der Waals surface area contributed by atoms with E-state index < -0.39 is 78.8 Å². The molecule has 1 heterocycles. The minimum absolute atomic E-state index is 0.0313. The summed E-state index contributed by atoms with van der Waals surface area (Å²) in [6.07, 6.45) is -3.16. The van der Waals surface area contributed by atoms with Gasteiger partial charge in [-0.15, -0.1) is 0 Å². The monoisotopic (exact) mass is 810 g/mol. The highest BCUT2D eigenvalue weighted by Gasteiger charge is 2.51. The average molecular weight is 811 g/mol. The topological polar surface area (TPSA) is 147 Å². The number of carbonyl (C=O) groups excluding carboxylic acids is 5. The van der Waals surface area contributed by atoms with Crippen molar-refractivity contribution in [3.63, 3.8) is 0 Å². The SMILES string of the molecule is CC(C)(C)C(=O)OC[C@H]1[C@H](OC(=O)C(C)(C)C)[C@@H](N(C=O)[C@H](Cc2ccccc2)C(=O)Nc2ccccc2CO[Si](C)(C)C(C)(C)C)OC[C@H]1OC(=O)C(C)(C)C. The van der Waals surface area contributed by atoms with Crippen LogP contribution in [0.2, 0.25) is 18.1 Å². The van der Waals surface area contributed by atoms with Crippen LogP contribution in [0.1, 0.15) is 94.2 Å². The Kier molecular flexibility index (Phi) is 15.5. The Balaban J connectivity index is 2.14. The van der Waals surface area contributed by atoms with Gasteiger partial charge in [0, 0.05) is 12.1 Å². The van der Waals surface area contributed by atoms with Gasteiger partial charge >= 0.3 is 17.9 Å². The van der Waals surface area contributed by atoms with Crippen molar-refractivity contribution in [1.82, 2.24) is 4.90 Å². The van der Waals surface area contributed by atoms with E-state index in [0.717, 1.165) is 11.1 Å². The largest absolute Gasteiger partial charge is 0.465 e. The van der Waals surface area contributed by atoms with Crippen LogP contribution in [0.25, 0.3) is 0 Å². The Hall–Kier alpha value is -4.07. The second-order valence-corrected chi connectivity index (χ2v) is 24.3. The third-order valence-electron chi connectivity index (χ3n) is 10.4. The molecule has 1 aliphatic rings. The molecule has 0 aliphatic carbocycles. The van der Waals surface area contributed by atoms with Crippen molar-refractivity contribution >= 4 is 44.2 Å². The van der Waals surface area contributed by atoms with Crippen molar-refractivity contribution in [1.29, 1.82) is 0 Å². The number of anilines is 1. The first-order valence-corrected chi connectivity index (χ1v) is 22.6. The van der Waals surface area contributed by atoms with Crippen LogP contribution in [-0.2, 0) is 60.4 Å². The molecule has 1 aliphatic heterocycles. The highest BCUT2D eigenvalue weighted by atomic mass is 28.4. The molecule has 1 N–H and O–H groups in total. The number of amides is 2. The van der Waals surface area contributed by atoms with Crippen molar-refractivity contribution < 1.29 is 47.3 Å². The maximum atomic E-state index is 14.6. The zero-order valence-corrected chi connectivity index (χ0v) is 37.5. The van der Waals surface area contributed by atoms with Crippen molar-refractivity contribution in [3.8, 4) is 0 Å². The molecule has 12 nitrogen and oxygen atoms in total. The third kappa shape index (κ3) is 13.0. The fourth-order valence-electron chi connectivity index (χ4n) is 5.50. The molecule has 0 unspecified atom stereocenters. The summed E-state index contributed by atoms with van der Waals surface area (Å²) >= 11 is 0. The van der Waals surface area contributed by atoms with Gasteiger partial charge in [-0.25, -0.2) is 0 Å². The quantitative estimate of drug-likeness (QED) is 0.0872. The van der Waals surface area contributed by atoms with E-state index in [1.807, 2.05) is 48.5 Å². The first-order chi connectivity index (χ1) is 26.2. The lowest BCUT2D eigenvalue weighted by atomic mass is 9.89. The summed E-state index contributed by atoms with van der Waals surface area (Å²) in [5.74, 6) is -3.22. The predicted molar refractivity (Wildman–Crippen MR) is 221 cm³/mol. The van der Waals surface area contributed by atoms with Gasteiger partial charge in [0.05, 0.1) is 35.4 Å². The van der Waals surface area contributed by atoms with E-state index in [4.69, 9.17) is 23.4 Å². The van der Waals surface area contributed by atoms with E-state index in [2.05, 4.69) is 39.2 Å². The van der Waals surface area contributed by atoms with Crippen LogP contribution >= 0.6 is 0 Å². The number of carbonyl (C=O) groups is 5. The molecular formula is C44H66N2O10Si. The standard InChI is InChI=1S/C44H66N2O10Si/c1-41(2,3)38(49)53-26-31-34(55-39(50)42(4,5)6)27-52-37(35(31)56-40(51)43(7,8)9)46(28-47)33(24-29-20-16-15-17-21-29)36(48)45-32-23-19-18-22-30(32)25-54-57(13,14)44(10,11)12/h15-23,28,31,33-35,37H,24-27H2,1-14H3,(H,45,48)/t31-,33-,34-,35+,37+/m1/s1. The molecule has 57 heavy (non-hydrogen) atoms. The lowest BCUT2D eigenvalue weighted by Gasteiger charge is -2.46. The molecule has 3 rings (SSSR count). The number of benzene rings is 2. The van der Waals surface area contributed by atoms with Crippen molar-refractivity contribution in [2.45, 2.75) is 139 Å². The van der Waals surface area contributed by atoms with Gasteiger partial charge in [0.25, 0.3) is 0 Å². The molecule has 0 spiro atoms. The summed E-state index contributed by atoms with van der Waals surface area (Å²) < 4.78 is 30.8. The highest BCUT2D eigenvalue weighted by molar-refractivity contribution is 6.74. The van der Waals surface area contributed by atoms with Gasteiger partial charge in [-0.3, -0.25) is 24.0 Å².